The molecule has 1 aromatic carbocycles. The monoisotopic (exact) mass is 322 g/mol. The predicted molar refractivity (Wildman–Crippen MR) is 82.8 cm³/mol. The number of rotatable bonds is 0. The van der Waals surface area contributed by atoms with Crippen LogP contribution in [0, 0.1) is 0 Å². The molecule has 1 aromatic heterocycles. The predicted octanol–water partition coefficient (Wildman–Crippen LogP) is 2.08. The zero-order valence-electron chi connectivity index (χ0n) is 11.3. The van der Waals surface area contributed by atoms with Gasteiger partial charge < -0.3 is 4.90 Å². The van der Waals surface area contributed by atoms with E-state index >= 15 is 0 Å². The van der Waals surface area contributed by atoms with Crippen molar-refractivity contribution in [3.63, 3.8) is 0 Å². The Morgan fingerprint density at radius 3 is 2.67 bits per heavy atom. The number of nitrogens with zero attached hydrogens (tertiary/aromatic N) is 4. The third-order valence-corrected chi connectivity index (χ3v) is 6.18. The van der Waals surface area contributed by atoms with E-state index in [2.05, 4.69) is 14.3 Å². The Morgan fingerprint density at radius 1 is 1.10 bits per heavy atom. The topological polar surface area (TPSA) is 67.6 Å². The third kappa shape index (κ3) is 2.13. The molecule has 1 fully saturated rings. The molecule has 0 bridgehead atoms. The molecule has 0 amide bonds. The number of aromatic nitrogens is 2. The zero-order chi connectivity index (χ0) is 14.4. The summed E-state index contributed by atoms with van der Waals surface area (Å²) in [7, 11) is -3.74. The fourth-order valence-electron chi connectivity index (χ4n) is 2.72. The summed E-state index contributed by atoms with van der Waals surface area (Å²) in [5, 5.41) is 1.03. The van der Waals surface area contributed by atoms with Gasteiger partial charge in [-0.1, -0.05) is 12.1 Å². The second-order valence-corrected chi connectivity index (χ2v) is 7.53. The lowest BCUT2D eigenvalue weighted by atomic mass is 10.1. The molecule has 0 atom stereocenters. The molecular weight excluding hydrogens is 308 g/mol. The molecule has 110 valence electrons. The van der Waals surface area contributed by atoms with E-state index in [1.165, 1.54) is 22.2 Å². The van der Waals surface area contributed by atoms with Crippen LogP contribution < -0.4 is 0 Å². The Hall–Kier alpha value is -1.54. The van der Waals surface area contributed by atoms with Crippen LogP contribution in [0.1, 0.15) is 19.3 Å². The van der Waals surface area contributed by atoms with E-state index in [1.807, 2.05) is 12.1 Å². The fourth-order valence-corrected chi connectivity index (χ4v) is 5.38. The second kappa shape index (κ2) is 4.74. The maximum Gasteiger partial charge on any atom is 0.353 e. The summed E-state index contributed by atoms with van der Waals surface area (Å²) < 4.78 is 30.2. The SMILES string of the molecule is O=S1(=O)N=C(N2CCCCC2)Sc2nc3ccccc3n21. The normalized spacial score (nSPS) is 21.1. The smallest absolute Gasteiger partial charge is 0.350 e. The molecule has 2 aromatic rings. The molecule has 1 saturated heterocycles. The first-order valence-electron chi connectivity index (χ1n) is 6.91. The summed E-state index contributed by atoms with van der Waals surface area (Å²) in [4.78, 5) is 6.48. The molecular formula is C13H14N4O2S2. The number of fused-ring (bicyclic) bond motifs is 3. The molecule has 8 heteroatoms. The van der Waals surface area contributed by atoms with Gasteiger partial charge in [0.2, 0.25) is 0 Å². The molecule has 0 N–H and O–H groups in total. The van der Waals surface area contributed by atoms with Crippen LogP contribution in [0.5, 0.6) is 0 Å². The van der Waals surface area contributed by atoms with Crippen molar-refractivity contribution in [1.29, 1.82) is 0 Å². The Bertz CT molecular complexity index is 835. The van der Waals surface area contributed by atoms with Gasteiger partial charge in [-0.15, -0.1) is 4.40 Å². The van der Waals surface area contributed by atoms with Crippen molar-refractivity contribution in [3.05, 3.63) is 24.3 Å². The number of para-hydroxylation sites is 2. The van der Waals surface area contributed by atoms with Crippen LogP contribution in [0.25, 0.3) is 11.0 Å². The number of hydrogen-bond donors (Lipinski definition) is 0. The highest BCUT2D eigenvalue weighted by Crippen LogP contribution is 2.33. The van der Waals surface area contributed by atoms with Gasteiger partial charge >= 0.3 is 10.2 Å². The standard InChI is InChI=1S/C13H14N4O2S2/c18-21(19)15-13(16-8-4-1-5-9-16)20-12-14-10-6-2-3-7-11(10)17(12)21/h2-3,6-7H,1,4-5,8-9H2. The summed E-state index contributed by atoms with van der Waals surface area (Å²) >= 11 is 1.34. The minimum absolute atomic E-state index is 0.478. The highest BCUT2D eigenvalue weighted by molar-refractivity contribution is 8.15. The molecule has 2 aliphatic heterocycles. The van der Waals surface area contributed by atoms with Crippen LogP contribution in [0.3, 0.4) is 0 Å². The van der Waals surface area contributed by atoms with Gasteiger partial charge in [-0.3, -0.25) is 0 Å². The molecule has 3 heterocycles. The zero-order valence-corrected chi connectivity index (χ0v) is 12.9. The number of piperidine rings is 1. The molecule has 0 spiro atoms. The van der Waals surface area contributed by atoms with Gasteiger partial charge in [0.25, 0.3) is 0 Å². The van der Waals surface area contributed by atoms with Crippen molar-refractivity contribution in [2.75, 3.05) is 13.1 Å². The fraction of sp³-hybridized carbons (Fsp3) is 0.385. The van der Waals surface area contributed by atoms with Crippen molar-refractivity contribution < 1.29 is 8.42 Å². The highest BCUT2D eigenvalue weighted by Gasteiger charge is 2.31. The van der Waals surface area contributed by atoms with Crippen LogP contribution in [0.2, 0.25) is 0 Å². The summed E-state index contributed by atoms with van der Waals surface area (Å²) in [5.74, 6) is 0. The summed E-state index contributed by atoms with van der Waals surface area (Å²) in [6, 6.07) is 7.23. The van der Waals surface area contributed by atoms with Gasteiger partial charge in [-0.25, -0.2) is 4.98 Å². The Balaban J connectivity index is 1.83. The first-order chi connectivity index (χ1) is 10.1. The third-order valence-electron chi connectivity index (χ3n) is 3.72. The van der Waals surface area contributed by atoms with Gasteiger partial charge in [0.15, 0.2) is 10.3 Å². The van der Waals surface area contributed by atoms with Crippen molar-refractivity contribution in [1.82, 2.24) is 13.9 Å². The van der Waals surface area contributed by atoms with Gasteiger partial charge in [-0.2, -0.15) is 12.4 Å². The van der Waals surface area contributed by atoms with Crippen molar-refractivity contribution >= 4 is 38.2 Å². The molecule has 2 aliphatic rings. The maximum atomic E-state index is 12.5. The van der Waals surface area contributed by atoms with Gasteiger partial charge in [0.1, 0.15) is 0 Å². The maximum absolute atomic E-state index is 12.5. The van der Waals surface area contributed by atoms with Crippen LogP contribution in [-0.4, -0.2) is 40.5 Å². The number of thioether (sulfide) groups is 1. The largest absolute Gasteiger partial charge is 0.353 e. The lowest BCUT2D eigenvalue weighted by molar-refractivity contribution is 0.348. The Morgan fingerprint density at radius 2 is 1.86 bits per heavy atom. The second-order valence-electron chi connectivity index (χ2n) is 5.15. The first kappa shape index (κ1) is 13.1. The van der Waals surface area contributed by atoms with Crippen LogP contribution in [-0.2, 0) is 10.2 Å². The Kier molecular flexibility index (Phi) is 2.97. The van der Waals surface area contributed by atoms with Crippen molar-refractivity contribution in [2.24, 2.45) is 4.40 Å². The minimum Gasteiger partial charge on any atom is -0.350 e. The van der Waals surface area contributed by atoms with Crippen LogP contribution in [0.4, 0.5) is 0 Å². The molecule has 21 heavy (non-hydrogen) atoms. The van der Waals surface area contributed by atoms with Crippen LogP contribution in [0.15, 0.2) is 33.8 Å². The molecule has 0 aliphatic carbocycles. The van der Waals surface area contributed by atoms with E-state index in [4.69, 9.17) is 0 Å². The molecule has 6 nitrogen and oxygen atoms in total. The quantitative estimate of drug-likeness (QED) is 0.743. The molecule has 0 radical (unpaired) electrons. The average Bonchev–Trinajstić information content (AvgIpc) is 2.86. The summed E-state index contributed by atoms with van der Waals surface area (Å²) in [5.41, 5.74) is 1.26. The van der Waals surface area contributed by atoms with E-state index in [0.717, 1.165) is 25.9 Å². The van der Waals surface area contributed by atoms with E-state index in [0.29, 0.717) is 21.4 Å². The Labute approximate surface area is 127 Å². The molecule has 0 unspecified atom stereocenters. The lowest BCUT2D eigenvalue weighted by Crippen LogP contribution is -2.36. The van der Waals surface area contributed by atoms with E-state index in [1.54, 1.807) is 12.1 Å². The average molecular weight is 322 g/mol. The number of benzene rings is 1. The molecule has 4 rings (SSSR count). The summed E-state index contributed by atoms with van der Waals surface area (Å²) in [6.07, 6.45) is 3.35. The van der Waals surface area contributed by atoms with Crippen molar-refractivity contribution in [2.45, 2.75) is 24.4 Å². The van der Waals surface area contributed by atoms with Crippen molar-refractivity contribution in [3.8, 4) is 0 Å². The van der Waals surface area contributed by atoms with Crippen LogP contribution >= 0.6 is 11.8 Å². The van der Waals surface area contributed by atoms with E-state index in [-0.39, 0.29) is 0 Å². The van der Waals surface area contributed by atoms with E-state index in [9.17, 15) is 8.42 Å². The molecule has 0 saturated carbocycles. The van der Waals surface area contributed by atoms with Gasteiger partial charge in [0, 0.05) is 13.1 Å². The van der Waals surface area contributed by atoms with Gasteiger partial charge in [0.05, 0.1) is 11.0 Å². The highest BCUT2D eigenvalue weighted by atomic mass is 32.2. The number of imidazole rings is 1. The minimum atomic E-state index is -3.74. The number of hydrogen-bond acceptors (Lipinski definition) is 5. The first-order valence-corrected chi connectivity index (χ1v) is 9.12. The van der Waals surface area contributed by atoms with E-state index < -0.39 is 10.2 Å². The lowest BCUT2D eigenvalue weighted by Gasteiger charge is -2.30. The number of likely N-dealkylation sites (tertiary alicyclic amines) is 1. The summed E-state index contributed by atoms with van der Waals surface area (Å²) in [6.45, 7) is 1.73. The van der Waals surface area contributed by atoms with Gasteiger partial charge in [-0.05, 0) is 43.2 Å². The number of amidine groups is 1.